The van der Waals surface area contributed by atoms with Crippen LogP contribution in [-0.4, -0.2) is 59.7 Å². The van der Waals surface area contributed by atoms with Gasteiger partial charge < -0.3 is 15.7 Å². The number of nitrogens with one attached hydrogen (secondary N) is 3. The van der Waals surface area contributed by atoms with Gasteiger partial charge in [-0.25, -0.2) is 13.2 Å². The summed E-state index contributed by atoms with van der Waals surface area (Å²) in [5.74, 6) is -0.876. The summed E-state index contributed by atoms with van der Waals surface area (Å²) in [4.78, 5) is 39.8. The average molecular weight is 573 g/mol. The molecule has 3 saturated carbocycles. The standard InChI is InChI=1S/C24H29ClN4O6S.ClH/c25-18-3-1-2-15-16(18)11-29(23(32)33)20(15)13-8-19(26-10-13)21(30)27-24(9-17(24)12-4-5-12)22(31)28-36(34,35)14-6-7-14;/h1-3,12-14,17,19-20,26H,4-11H2,(H,27,30)(H,28,31)(H,32,33);1H/t13-,17?,19+,20?,24?;/m1./s1. The molecule has 3 amide bonds. The highest BCUT2D eigenvalue weighted by Gasteiger charge is 2.66. The summed E-state index contributed by atoms with van der Waals surface area (Å²) in [6.45, 7) is 0.629. The summed E-state index contributed by atoms with van der Waals surface area (Å²) >= 11 is 6.33. The van der Waals surface area contributed by atoms with Crippen LogP contribution in [0.25, 0.3) is 0 Å². The highest BCUT2D eigenvalue weighted by molar-refractivity contribution is 7.91. The van der Waals surface area contributed by atoms with E-state index in [1.54, 1.807) is 12.1 Å². The molecule has 0 aromatic heterocycles. The summed E-state index contributed by atoms with van der Waals surface area (Å²) in [6, 6.07) is 4.38. The van der Waals surface area contributed by atoms with Crippen LogP contribution in [0.3, 0.4) is 0 Å². The first-order valence-electron chi connectivity index (χ1n) is 12.5. The fraction of sp³-hybridized carbons (Fsp3) is 0.625. The van der Waals surface area contributed by atoms with E-state index in [1.807, 2.05) is 6.07 Å². The lowest BCUT2D eigenvalue weighted by Gasteiger charge is -2.27. The summed E-state index contributed by atoms with van der Waals surface area (Å²) in [5, 5.41) is 15.9. The van der Waals surface area contributed by atoms with Crippen molar-refractivity contribution in [2.75, 3.05) is 6.54 Å². The average Bonchev–Trinajstić information content (AvgIpc) is 3.72. The van der Waals surface area contributed by atoms with Gasteiger partial charge >= 0.3 is 6.09 Å². The molecule has 1 aromatic carbocycles. The summed E-state index contributed by atoms with van der Waals surface area (Å²) in [6.07, 6.45) is 2.82. The molecular weight excluding hydrogens is 543 g/mol. The number of hydrogen-bond acceptors (Lipinski definition) is 6. The van der Waals surface area contributed by atoms with Gasteiger partial charge in [-0.05, 0) is 73.5 Å². The molecule has 1 aromatic rings. The Hall–Kier alpha value is -2.08. The van der Waals surface area contributed by atoms with Crippen molar-refractivity contribution in [1.82, 2.24) is 20.3 Å². The van der Waals surface area contributed by atoms with Gasteiger partial charge in [-0.2, -0.15) is 0 Å². The number of benzene rings is 1. The normalized spacial score (nSPS) is 32.3. The number of carboxylic acid groups (broad SMARTS) is 1. The molecule has 2 heterocycles. The molecule has 3 unspecified atom stereocenters. The molecule has 0 radical (unpaired) electrons. The first kappa shape index (κ1) is 26.5. The van der Waals surface area contributed by atoms with Crippen LogP contribution in [0.4, 0.5) is 4.79 Å². The van der Waals surface area contributed by atoms with E-state index >= 15 is 0 Å². The van der Waals surface area contributed by atoms with Gasteiger partial charge in [0.15, 0.2) is 0 Å². The summed E-state index contributed by atoms with van der Waals surface area (Å²) in [7, 11) is -3.72. The van der Waals surface area contributed by atoms with Crippen LogP contribution in [0.2, 0.25) is 5.02 Å². The quantitative estimate of drug-likeness (QED) is 0.391. The van der Waals surface area contributed by atoms with Crippen LogP contribution in [0.5, 0.6) is 0 Å². The van der Waals surface area contributed by atoms with Gasteiger partial charge in [-0.1, -0.05) is 23.7 Å². The number of carbonyl (C=O) groups excluding carboxylic acids is 2. The van der Waals surface area contributed by atoms with Gasteiger partial charge in [0.05, 0.1) is 23.9 Å². The third-order valence-electron chi connectivity index (χ3n) is 8.47. The van der Waals surface area contributed by atoms with Gasteiger partial charge in [0.25, 0.3) is 5.91 Å². The Morgan fingerprint density at radius 2 is 1.86 bits per heavy atom. The number of halogens is 2. The minimum absolute atomic E-state index is 0. The molecule has 13 heteroatoms. The van der Waals surface area contributed by atoms with Crippen LogP contribution < -0.4 is 15.4 Å². The van der Waals surface area contributed by atoms with Crippen molar-refractivity contribution in [2.24, 2.45) is 17.8 Å². The number of nitrogens with zero attached hydrogens (tertiary/aromatic N) is 1. The molecule has 5 atom stereocenters. The molecule has 37 heavy (non-hydrogen) atoms. The Bertz CT molecular complexity index is 1250. The van der Waals surface area contributed by atoms with E-state index in [2.05, 4.69) is 15.4 Å². The lowest BCUT2D eigenvalue weighted by Crippen LogP contribution is -2.55. The number of hydrogen-bond donors (Lipinski definition) is 4. The molecule has 3 aliphatic carbocycles. The van der Waals surface area contributed by atoms with Crippen molar-refractivity contribution < 1.29 is 27.9 Å². The number of carbonyl (C=O) groups is 3. The second kappa shape index (κ2) is 9.29. The van der Waals surface area contributed by atoms with Gasteiger partial charge in [-0.15, -0.1) is 12.4 Å². The Morgan fingerprint density at radius 1 is 1.14 bits per heavy atom. The summed E-state index contributed by atoms with van der Waals surface area (Å²) < 4.78 is 27.0. The largest absolute Gasteiger partial charge is 0.465 e. The highest BCUT2D eigenvalue weighted by atomic mass is 35.5. The van der Waals surface area contributed by atoms with E-state index in [0.717, 1.165) is 24.0 Å². The zero-order valence-electron chi connectivity index (χ0n) is 20.0. The lowest BCUT2D eigenvalue weighted by molar-refractivity contribution is -0.130. The van der Waals surface area contributed by atoms with E-state index < -0.39 is 44.9 Å². The highest BCUT2D eigenvalue weighted by Crippen LogP contribution is 2.57. The maximum atomic E-state index is 13.3. The molecule has 5 aliphatic rings. The number of rotatable bonds is 7. The van der Waals surface area contributed by atoms with Gasteiger partial charge in [0.1, 0.15) is 5.54 Å². The first-order valence-corrected chi connectivity index (χ1v) is 14.4. The fourth-order valence-electron chi connectivity index (χ4n) is 6.16. The molecule has 202 valence electrons. The van der Waals surface area contributed by atoms with Crippen LogP contribution in [0.15, 0.2) is 18.2 Å². The second-order valence-electron chi connectivity index (χ2n) is 10.9. The maximum Gasteiger partial charge on any atom is 0.408 e. The van der Waals surface area contributed by atoms with E-state index in [0.29, 0.717) is 43.2 Å². The molecule has 4 fully saturated rings. The molecule has 4 N–H and O–H groups in total. The second-order valence-corrected chi connectivity index (χ2v) is 13.3. The molecule has 1 saturated heterocycles. The molecular formula is C24H30Cl2N4O6S. The topological polar surface area (TPSA) is 145 Å². The maximum absolute atomic E-state index is 13.3. The lowest BCUT2D eigenvalue weighted by atomic mass is 9.90. The zero-order chi connectivity index (χ0) is 25.4. The Morgan fingerprint density at radius 3 is 2.51 bits per heavy atom. The van der Waals surface area contributed by atoms with Crippen LogP contribution in [0.1, 0.15) is 55.7 Å². The molecule has 6 rings (SSSR count). The van der Waals surface area contributed by atoms with Crippen molar-refractivity contribution in [2.45, 2.75) is 67.9 Å². The van der Waals surface area contributed by atoms with Gasteiger partial charge in [0, 0.05) is 11.6 Å². The minimum Gasteiger partial charge on any atom is -0.465 e. The zero-order valence-corrected chi connectivity index (χ0v) is 22.4. The van der Waals surface area contributed by atoms with Crippen molar-refractivity contribution in [3.8, 4) is 0 Å². The molecule has 0 spiro atoms. The van der Waals surface area contributed by atoms with Crippen molar-refractivity contribution in [3.63, 3.8) is 0 Å². The van der Waals surface area contributed by atoms with Crippen LogP contribution in [-0.2, 0) is 26.2 Å². The minimum atomic E-state index is -3.72. The van der Waals surface area contributed by atoms with Crippen LogP contribution in [0, 0.1) is 17.8 Å². The first-order chi connectivity index (χ1) is 17.1. The van der Waals surface area contributed by atoms with Crippen molar-refractivity contribution in [1.29, 1.82) is 0 Å². The van der Waals surface area contributed by atoms with Crippen molar-refractivity contribution in [3.05, 3.63) is 34.3 Å². The van der Waals surface area contributed by atoms with Crippen molar-refractivity contribution >= 4 is 51.9 Å². The SMILES string of the molecule is Cl.O=C(NC1(C(=O)NS(=O)(=O)C2CC2)CC1C1CC1)[C@@H]1C[C@@H](C2c3cccc(Cl)c3CN2C(=O)O)CN1. The fourth-order valence-corrected chi connectivity index (χ4v) is 7.77. The number of amides is 3. The molecule has 2 aliphatic heterocycles. The van der Waals surface area contributed by atoms with Gasteiger partial charge in [-0.3, -0.25) is 19.2 Å². The molecule has 0 bridgehead atoms. The summed E-state index contributed by atoms with van der Waals surface area (Å²) in [5.41, 5.74) is 0.452. The predicted octanol–water partition coefficient (Wildman–Crippen LogP) is 2.17. The Labute approximate surface area is 226 Å². The third kappa shape index (κ3) is 4.68. The van der Waals surface area contributed by atoms with Gasteiger partial charge in [0.2, 0.25) is 15.9 Å². The Kier molecular flexibility index (Phi) is 6.66. The predicted molar refractivity (Wildman–Crippen MR) is 137 cm³/mol. The van der Waals surface area contributed by atoms with Crippen LogP contribution >= 0.6 is 24.0 Å². The monoisotopic (exact) mass is 572 g/mol. The van der Waals surface area contributed by atoms with E-state index in [1.165, 1.54) is 4.90 Å². The van der Waals surface area contributed by atoms with E-state index in [-0.39, 0.29) is 36.7 Å². The van der Waals surface area contributed by atoms with E-state index in [9.17, 15) is 27.9 Å². The Balaban J connectivity index is 0.00000280. The third-order valence-corrected chi connectivity index (χ3v) is 10.6. The molecule has 10 nitrogen and oxygen atoms in total. The smallest absolute Gasteiger partial charge is 0.408 e. The number of fused-ring (bicyclic) bond motifs is 1. The van der Waals surface area contributed by atoms with E-state index in [4.69, 9.17) is 11.6 Å². The number of sulfonamides is 1.